The van der Waals surface area contributed by atoms with Gasteiger partial charge in [-0.2, -0.15) is 0 Å². The van der Waals surface area contributed by atoms with Crippen LogP contribution in [0, 0.1) is 0 Å². The lowest BCUT2D eigenvalue weighted by Gasteiger charge is -1.96. The van der Waals surface area contributed by atoms with Crippen LogP contribution in [0.3, 0.4) is 0 Å². The summed E-state index contributed by atoms with van der Waals surface area (Å²) in [7, 11) is 3.65. The van der Waals surface area contributed by atoms with Gasteiger partial charge in [-0.15, -0.1) is 0 Å². The van der Waals surface area contributed by atoms with Gasteiger partial charge in [0.25, 0.3) is 0 Å². The van der Waals surface area contributed by atoms with Crippen LogP contribution in [-0.4, -0.2) is 26.9 Å². The summed E-state index contributed by atoms with van der Waals surface area (Å²) in [6.45, 7) is 4.51. The summed E-state index contributed by atoms with van der Waals surface area (Å²) < 4.78 is 0. The van der Waals surface area contributed by atoms with Crippen molar-refractivity contribution in [2.45, 2.75) is 0 Å². The maximum Gasteiger partial charge on any atom is 0.0277 e. The topological polar surface area (TPSA) is 24.4 Å². The number of hydrogen-bond acceptors (Lipinski definition) is 2. The van der Waals surface area contributed by atoms with Crippen LogP contribution in [0.15, 0.2) is 29.3 Å². The van der Waals surface area contributed by atoms with Gasteiger partial charge < -0.3 is 5.32 Å². The molecule has 56 valence electrons. The summed E-state index contributed by atoms with van der Waals surface area (Å²) in [5.41, 5.74) is 1.15. The Morgan fingerprint density at radius 3 is 2.80 bits per heavy atom. The minimum absolute atomic E-state index is 0.843. The van der Waals surface area contributed by atoms with Crippen molar-refractivity contribution >= 4 is 6.21 Å². The number of nitrogens with zero attached hydrogens (tertiary/aromatic N) is 1. The molecule has 0 aromatic carbocycles. The molecule has 0 saturated carbocycles. The normalized spacial score (nSPS) is 12.4. The molecule has 0 aromatic rings. The molecule has 0 spiro atoms. The van der Waals surface area contributed by atoms with Crippen LogP contribution >= 0.6 is 0 Å². The molecule has 10 heavy (non-hydrogen) atoms. The molecule has 0 fully saturated rings. The SMILES string of the molecule is C=C/C(=C\C=NC)CNC. The summed E-state index contributed by atoms with van der Waals surface area (Å²) in [6.07, 6.45) is 5.51. The molecule has 0 saturated heterocycles. The van der Waals surface area contributed by atoms with E-state index in [4.69, 9.17) is 0 Å². The first-order chi connectivity index (χ1) is 4.85. The Bertz CT molecular complexity index is 145. The molecule has 0 bridgehead atoms. The van der Waals surface area contributed by atoms with Gasteiger partial charge in [0.15, 0.2) is 0 Å². The second kappa shape index (κ2) is 6.23. The number of aliphatic imine (C=N–C) groups is 1. The van der Waals surface area contributed by atoms with Crippen LogP contribution in [0.2, 0.25) is 0 Å². The molecule has 2 nitrogen and oxygen atoms in total. The molecular weight excluding hydrogens is 124 g/mol. The van der Waals surface area contributed by atoms with Crippen molar-refractivity contribution in [3.05, 3.63) is 24.3 Å². The largest absolute Gasteiger partial charge is 0.316 e. The van der Waals surface area contributed by atoms with Crippen molar-refractivity contribution in [2.24, 2.45) is 4.99 Å². The summed E-state index contributed by atoms with van der Waals surface area (Å²) in [4.78, 5) is 3.83. The number of rotatable bonds is 4. The lowest BCUT2D eigenvalue weighted by atomic mass is 10.2. The second-order valence-corrected chi connectivity index (χ2v) is 1.88. The summed E-state index contributed by atoms with van der Waals surface area (Å²) in [5.74, 6) is 0. The fraction of sp³-hybridized carbons (Fsp3) is 0.375. The van der Waals surface area contributed by atoms with Crippen molar-refractivity contribution in [2.75, 3.05) is 20.6 Å². The number of likely N-dealkylation sites (N-methyl/N-ethyl adjacent to an activating group) is 1. The van der Waals surface area contributed by atoms with E-state index in [0.717, 1.165) is 12.1 Å². The third-order valence-electron chi connectivity index (χ3n) is 1.08. The Morgan fingerprint density at radius 1 is 1.70 bits per heavy atom. The Morgan fingerprint density at radius 2 is 2.40 bits per heavy atom. The molecule has 0 radical (unpaired) electrons. The van der Waals surface area contributed by atoms with Gasteiger partial charge in [-0.1, -0.05) is 12.7 Å². The van der Waals surface area contributed by atoms with Crippen LogP contribution in [0.1, 0.15) is 0 Å². The predicted molar refractivity (Wildman–Crippen MR) is 46.6 cm³/mol. The Hall–Kier alpha value is -0.890. The van der Waals surface area contributed by atoms with Gasteiger partial charge in [0.05, 0.1) is 0 Å². The van der Waals surface area contributed by atoms with E-state index in [1.807, 2.05) is 19.2 Å². The van der Waals surface area contributed by atoms with E-state index in [1.165, 1.54) is 0 Å². The highest BCUT2D eigenvalue weighted by Crippen LogP contribution is 1.89. The minimum atomic E-state index is 0.843. The third kappa shape index (κ3) is 4.04. The van der Waals surface area contributed by atoms with Gasteiger partial charge in [0.2, 0.25) is 0 Å². The standard InChI is InChI=1S/C8H14N2/c1-4-8(7-10-3)5-6-9-2/h4-6,10H,1,7H2,2-3H3/b8-5+,9-6?. The molecule has 0 aromatic heterocycles. The molecule has 0 aliphatic rings. The molecule has 2 heteroatoms. The summed E-state index contributed by atoms with van der Waals surface area (Å²) in [6, 6.07) is 0. The molecular formula is C8H14N2. The summed E-state index contributed by atoms with van der Waals surface area (Å²) >= 11 is 0. The van der Waals surface area contributed by atoms with E-state index in [-0.39, 0.29) is 0 Å². The quantitative estimate of drug-likeness (QED) is 0.455. The van der Waals surface area contributed by atoms with Crippen molar-refractivity contribution in [1.82, 2.24) is 5.32 Å². The van der Waals surface area contributed by atoms with Crippen molar-refractivity contribution in [3.63, 3.8) is 0 Å². The first-order valence-electron chi connectivity index (χ1n) is 3.23. The van der Waals surface area contributed by atoms with Crippen LogP contribution in [-0.2, 0) is 0 Å². The van der Waals surface area contributed by atoms with Crippen molar-refractivity contribution in [1.29, 1.82) is 0 Å². The molecule has 0 aliphatic heterocycles. The fourth-order valence-electron chi connectivity index (χ4n) is 0.574. The Balaban J connectivity index is 3.90. The molecule has 0 amide bonds. The van der Waals surface area contributed by atoms with E-state index < -0.39 is 0 Å². The van der Waals surface area contributed by atoms with E-state index >= 15 is 0 Å². The minimum Gasteiger partial charge on any atom is -0.316 e. The van der Waals surface area contributed by atoms with Gasteiger partial charge in [0.1, 0.15) is 0 Å². The average molecular weight is 138 g/mol. The maximum absolute atomic E-state index is 3.83. The van der Waals surface area contributed by atoms with Gasteiger partial charge in [0, 0.05) is 19.8 Å². The molecule has 0 atom stereocenters. The number of allylic oxidation sites excluding steroid dienone is 1. The van der Waals surface area contributed by atoms with Gasteiger partial charge in [-0.25, -0.2) is 0 Å². The van der Waals surface area contributed by atoms with Crippen LogP contribution in [0.25, 0.3) is 0 Å². The van der Waals surface area contributed by atoms with Crippen LogP contribution < -0.4 is 5.32 Å². The van der Waals surface area contributed by atoms with E-state index in [9.17, 15) is 0 Å². The van der Waals surface area contributed by atoms with Crippen LogP contribution in [0.5, 0.6) is 0 Å². The fourth-order valence-corrected chi connectivity index (χ4v) is 0.574. The molecule has 0 heterocycles. The van der Waals surface area contributed by atoms with Crippen molar-refractivity contribution in [3.8, 4) is 0 Å². The molecule has 0 rings (SSSR count). The lowest BCUT2D eigenvalue weighted by Crippen LogP contribution is -2.09. The average Bonchev–Trinajstić information content (AvgIpc) is 1.98. The lowest BCUT2D eigenvalue weighted by molar-refractivity contribution is 0.897. The summed E-state index contributed by atoms with van der Waals surface area (Å²) in [5, 5.41) is 3.03. The zero-order chi connectivity index (χ0) is 7.82. The van der Waals surface area contributed by atoms with E-state index in [2.05, 4.69) is 16.9 Å². The van der Waals surface area contributed by atoms with Crippen LogP contribution in [0.4, 0.5) is 0 Å². The van der Waals surface area contributed by atoms with E-state index in [0.29, 0.717) is 0 Å². The molecule has 0 aliphatic carbocycles. The number of hydrogen-bond donors (Lipinski definition) is 1. The molecule has 0 unspecified atom stereocenters. The highest BCUT2D eigenvalue weighted by Gasteiger charge is 1.84. The first kappa shape index (κ1) is 9.11. The Kier molecular flexibility index (Phi) is 5.68. The monoisotopic (exact) mass is 138 g/mol. The van der Waals surface area contributed by atoms with E-state index in [1.54, 1.807) is 13.3 Å². The smallest absolute Gasteiger partial charge is 0.0277 e. The Labute approximate surface area is 62.4 Å². The second-order valence-electron chi connectivity index (χ2n) is 1.88. The third-order valence-corrected chi connectivity index (χ3v) is 1.08. The highest BCUT2D eigenvalue weighted by atomic mass is 14.8. The first-order valence-corrected chi connectivity index (χ1v) is 3.23. The van der Waals surface area contributed by atoms with Crippen molar-refractivity contribution < 1.29 is 0 Å². The molecule has 1 N–H and O–H groups in total. The maximum atomic E-state index is 3.83. The van der Waals surface area contributed by atoms with Gasteiger partial charge in [-0.05, 0) is 18.7 Å². The number of nitrogens with one attached hydrogen (secondary N) is 1. The zero-order valence-electron chi connectivity index (χ0n) is 6.59. The predicted octanol–water partition coefficient (Wildman–Crippen LogP) is 1.02. The zero-order valence-corrected chi connectivity index (χ0v) is 6.59. The van der Waals surface area contributed by atoms with Gasteiger partial charge in [-0.3, -0.25) is 4.99 Å². The van der Waals surface area contributed by atoms with Gasteiger partial charge >= 0.3 is 0 Å². The highest BCUT2D eigenvalue weighted by molar-refractivity contribution is 5.72.